The monoisotopic (exact) mass is 306 g/mol. The molecule has 0 saturated carbocycles. The second-order valence-corrected chi connectivity index (χ2v) is 6.97. The van der Waals surface area contributed by atoms with Gasteiger partial charge < -0.3 is 5.32 Å². The highest BCUT2D eigenvalue weighted by molar-refractivity contribution is 7.98. The molecule has 2 nitrogen and oxygen atoms in total. The lowest BCUT2D eigenvalue weighted by Crippen LogP contribution is -2.14. The van der Waals surface area contributed by atoms with Gasteiger partial charge >= 0.3 is 0 Å². The maximum absolute atomic E-state index is 4.68. The minimum atomic E-state index is 0.958. The zero-order valence-corrected chi connectivity index (χ0v) is 13.8. The van der Waals surface area contributed by atoms with Crippen molar-refractivity contribution in [2.24, 2.45) is 0 Å². The van der Waals surface area contributed by atoms with E-state index in [0.717, 1.165) is 18.8 Å². The van der Waals surface area contributed by atoms with Crippen LogP contribution in [0, 0.1) is 6.92 Å². The van der Waals surface area contributed by atoms with Gasteiger partial charge in [-0.15, -0.1) is 23.1 Å². The fourth-order valence-corrected chi connectivity index (χ4v) is 3.83. The van der Waals surface area contributed by atoms with Crippen molar-refractivity contribution >= 4 is 23.1 Å². The molecule has 0 aliphatic rings. The van der Waals surface area contributed by atoms with E-state index in [-0.39, 0.29) is 0 Å². The quantitative estimate of drug-likeness (QED) is 0.568. The van der Waals surface area contributed by atoms with Crippen LogP contribution in [-0.4, -0.2) is 11.5 Å². The Bertz CT molecular complexity index is 508. The van der Waals surface area contributed by atoms with Crippen LogP contribution in [-0.2, 0) is 12.3 Å². The third-order valence-corrected chi connectivity index (χ3v) is 5.40. The molecule has 2 aromatic rings. The zero-order chi connectivity index (χ0) is 14.2. The molecule has 20 heavy (non-hydrogen) atoms. The van der Waals surface area contributed by atoms with Crippen molar-refractivity contribution in [1.82, 2.24) is 10.3 Å². The molecule has 0 unspecified atom stereocenters. The first-order chi connectivity index (χ1) is 9.79. The molecule has 0 amide bonds. The summed E-state index contributed by atoms with van der Waals surface area (Å²) >= 11 is 3.70. The second-order valence-electron chi connectivity index (χ2n) is 4.75. The van der Waals surface area contributed by atoms with Crippen molar-refractivity contribution in [1.29, 1.82) is 0 Å². The number of nitrogens with one attached hydrogen (secondary N) is 1. The average Bonchev–Trinajstić information content (AvgIpc) is 2.83. The summed E-state index contributed by atoms with van der Waals surface area (Å²) in [5.41, 5.74) is 1.18. The Labute approximate surface area is 130 Å². The van der Waals surface area contributed by atoms with E-state index in [9.17, 15) is 0 Å². The van der Waals surface area contributed by atoms with Gasteiger partial charge in [-0.2, -0.15) is 0 Å². The lowest BCUT2D eigenvalue weighted by Gasteiger charge is -2.01. The molecule has 0 fully saturated rings. The lowest BCUT2D eigenvalue weighted by atomic mass is 10.3. The highest BCUT2D eigenvalue weighted by atomic mass is 32.2. The van der Waals surface area contributed by atoms with Gasteiger partial charge in [-0.3, -0.25) is 0 Å². The van der Waals surface area contributed by atoms with Crippen molar-refractivity contribution in [2.45, 2.75) is 43.9 Å². The summed E-state index contributed by atoms with van der Waals surface area (Å²) in [6, 6.07) is 10.5. The van der Waals surface area contributed by atoms with Crippen LogP contribution in [0.3, 0.4) is 0 Å². The predicted molar refractivity (Wildman–Crippen MR) is 89.5 cm³/mol. The number of rotatable bonds is 8. The molecular weight excluding hydrogens is 284 g/mol. The Balaban J connectivity index is 1.84. The van der Waals surface area contributed by atoms with Crippen molar-refractivity contribution in [3.63, 3.8) is 0 Å². The van der Waals surface area contributed by atoms with Gasteiger partial charge in [-0.05, 0) is 32.0 Å². The van der Waals surface area contributed by atoms with E-state index in [1.807, 2.05) is 23.1 Å². The molecule has 1 heterocycles. The number of hydrogen-bond donors (Lipinski definition) is 1. The maximum Gasteiger partial charge on any atom is 0.103 e. The maximum atomic E-state index is 4.68. The summed E-state index contributed by atoms with van der Waals surface area (Å²) in [7, 11) is 0. The van der Waals surface area contributed by atoms with Gasteiger partial charge in [0.1, 0.15) is 5.01 Å². The van der Waals surface area contributed by atoms with Crippen LogP contribution in [0.1, 0.15) is 35.3 Å². The molecule has 1 aromatic carbocycles. The standard InChI is InChI=1S/C16H22N2S2/c1-3-4-10-17-11-15-13(2)18-16(20-15)12-19-14-8-6-5-7-9-14/h5-9,17H,3-4,10-12H2,1-2H3. The molecule has 0 aliphatic heterocycles. The van der Waals surface area contributed by atoms with E-state index in [1.54, 1.807) is 0 Å². The van der Waals surface area contributed by atoms with Gasteiger partial charge in [-0.1, -0.05) is 31.5 Å². The number of aromatic nitrogens is 1. The summed E-state index contributed by atoms with van der Waals surface area (Å²) in [4.78, 5) is 7.37. The molecule has 4 heteroatoms. The molecule has 0 saturated heterocycles. The predicted octanol–water partition coefficient (Wildman–Crippen LogP) is 4.63. The number of unbranched alkanes of at least 4 members (excludes halogenated alkanes) is 1. The number of aryl methyl sites for hydroxylation is 1. The van der Waals surface area contributed by atoms with Gasteiger partial charge in [-0.25, -0.2) is 4.98 Å². The van der Waals surface area contributed by atoms with E-state index < -0.39 is 0 Å². The second kappa shape index (κ2) is 8.45. The minimum absolute atomic E-state index is 0.958. The molecule has 0 radical (unpaired) electrons. The van der Waals surface area contributed by atoms with Crippen molar-refractivity contribution in [3.05, 3.63) is 45.9 Å². The van der Waals surface area contributed by atoms with Crippen LogP contribution in [0.4, 0.5) is 0 Å². The Kier molecular flexibility index (Phi) is 6.57. The van der Waals surface area contributed by atoms with E-state index in [2.05, 4.69) is 54.5 Å². The summed E-state index contributed by atoms with van der Waals surface area (Å²) in [5.74, 6) is 0.963. The van der Waals surface area contributed by atoms with Gasteiger partial charge in [0, 0.05) is 16.3 Å². The number of benzene rings is 1. The molecule has 0 atom stereocenters. The van der Waals surface area contributed by atoms with Crippen molar-refractivity contribution in [3.8, 4) is 0 Å². The minimum Gasteiger partial charge on any atom is -0.312 e. The highest BCUT2D eigenvalue weighted by Crippen LogP contribution is 2.26. The molecular formula is C16H22N2S2. The van der Waals surface area contributed by atoms with Crippen molar-refractivity contribution < 1.29 is 0 Å². The Morgan fingerprint density at radius 3 is 2.80 bits per heavy atom. The van der Waals surface area contributed by atoms with Crippen LogP contribution < -0.4 is 5.32 Å². The first-order valence-corrected chi connectivity index (χ1v) is 8.93. The van der Waals surface area contributed by atoms with Crippen LogP contribution in [0.2, 0.25) is 0 Å². The SMILES string of the molecule is CCCCNCc1sc(CSc2ccccc2)nc1C. The third-order valence-electron chi connectivity index (χ3n) is 3.04. The van der Waals surface area contributed by atoms with Crippen LogP contribution in [0.5, 0.6) is 0 Å². The fourth-order valence-electron chi connectivity index (χ4n) is 1.88. The van der Waals surface area contributed by atoms with Crippen LogP contribution >= 0.6 is 23.1 Å². The van der Waals surface area contributed by atoms with Crippen LogP contribution in [0.15, 0.2) is 35.2 Å². The van der Waals surface area contributed by atoms with Gasteiger partial charge in [0.2, 0.25) is 0 Å². The summed E-state index contributed by atoms with van der Waals surface area (Å²) in [6.45, 7) is 6.39. The van der Waals surface area contributed by atoms with Gasteiger partial charge in [0.15, 0.2) is 0 Å². The smallest absolute Gasteiger partial charge is 0.103 e. The highest BCUT2D eigenvalue weighted by Gasteiger charge is 2.07. The number of thiazole rings is 1. The summed E-state index contributed by atoms with van der Waals surface area (Å²) in [6.07, 6.45) is 2.49. The van der Waals surface area contributed by atoms with Crippen molar-refractivity contribution in [2.75, 3.05) is 6.54 Å². The Morgan fingerprint density at radius 1 is 1.25 bits per heavy atom. The normalized spacial score (nSPS) is 10.9. The first-order valence-electron chi connectivity index (χ1n) is 7.13. The largest absolute Gasteiger partial charge is 0.312 e. The summed E-state index contributed by atoms with van der Waals surface area (Å²) < 4.78 is 0. The van der Waals surface area contributed by atoms with E-state index >= 15 is 0 Å². The van der Waals surface area contributed by atoms with E-state index in [1.165, 1.54) is 33.3 Å². The zero-order valence-electron chi connectivity index (χ0n) is 12.2. The number of thioether (sulfide) groups is 1. The number of nitrogens with zero attached hydrogens (tertiary/aromatic N) is 1. The van der Waals surface area contributed by atoms with Crippen LogP contribution in [0.25, 0.3) is 0 Å². The molecule has 1 aromatic heterocycles. The molecule has 0 bridgehead atoms. The molecule has 2 rings (SSSR count). The lowest BCUT2D eigenvalue weighted by molar-refractivity contribution is 0.644. The Morgan fingerprint density at radius 2 is 2.05 bits per heavy atom. The topological polar surface area (TPSA) is 24.9 Å². The first kappa shape index (κ1) is 15.5. The average molecular weight is 307 g/mol. The molecule has 0 aliphatic carbocycles. The van der Waals surface area contributed by atoms with E-state index in [0.29, 0.717) is 0 Å². The summed E-state index contributed by atoms with van der Waals surface area (Å²) in [5, 5.41) is 4.72. The third kappa shape index (κ3) is 4.93. The number of hydrogen-bond acceptors (Lipinski definition) is 4. The molecule has 1 N–H and O–H groups in total. The fraction of sp³-hybridized carbons (Fsp3) is 0.438. The Hall–Kier alpha value is -0.840. The molecule has 0 spiro atoms. The van der Waals surface area contributed by atoms with E-state index in [4.69, 9.17) is 0 Å². The molecule has 108 valence electrons. The van der Waals surface area contributed by atoms with Gasteiger partial charge in [0.05, 0.1) is 11.4 Å². The van der Waals surface area contributed by atoms with Gasteiger partial charge in [0.25, 0.3) is 0 Å².